The Labute approximate surface area is 101 Å². The standard InChI is InChI=1S/C11H20N2O4/c1-11(2,3)17-10(16)13-5-7(9(14)15)8(6-13)12-4/h7-8,12H,5-6H2,1-4H3,(H,14,15). The highest BCUT2D eigenvalue weighted by atomic mass is 16.6. The molecule has 0 aromatic carbocycles. The third kappa shape index (κ3) is 3.59. The van der Waals surface area contributed by atoms with Crippen LogP contribution in [0.4, 0.5) is 4.79 Å². The Morgan fingerprint density at radius 1 is 1.35 bits per heavy atom. The Kier molecular flexibility index (Phi) is 3.98. The molecule has 6 heteroatoms. The lowest BCUT2D eigenvalue weighted by Crippen LogP contribution is -2.38. The van der Waals surface area contributed by atoms with Gasteiger partial charge >= 0.3 is 12.1 Å². The van der Waals surface area contributed by atoms with E-state index in [-0.39, 0.29) is 12.6 Å². The van der Waals surface area contributed by atoms with E-state index in [9.17, 15) is 9.59 Å². The summed E-state index contributed by atoms with van der Waals surface area (Å²) < 4.78 is 5.21. The number of nitrogens with zero attached hydrogens (tertiary/aromatic N) is 1. The lowest BCUT2D eigenvalue weighted by Gasteiger charge is -2.24. The van der Waals surface area contributed by atoms with Crippen molar-refractivity contribution in [3.63, 3.8) is 0 Å². The van der Waals surface area contributed by atoms with E-state index in [1.54, 1.807) is 27.8 Å². The molecule has 1 rings (SSSR count). The largest absolute Gasteiger partial charge is 0.481 e. The lowest BCUT2D eigenvalue weighted by atomic mass is 10.1. The zero-order valence-corrected chi connectivity index (χ0v) is 10.7. The van der Waals surface area contributed by atoms with Crippen molar-refractivity contribution < 1.29 is 19.4 Å². The molecule has 6 nitrogen and oxygen atoms in total. The summed E-state index contributed by atoms with van der Waals surface area (Å²) in [7, 11) is 1.69. The van der Waals surface area contributed by atoms with Crippen molar-refractivity contribution in [3.05, 3.63) is 0 Å². The Morgan fingerprint density at radius 2 is 1.94 bits per heavy atom. The summed E-state index contributed by atoms with van der Waals surface area (Å²) in [5.41, 5.74) is -0.562. The first-order valence-electron chi connectivity index (χ1n) is 5.62. The molecule has 98 valence electrons. The Balaban J connectivity index is 2.64. The second kappa shape index (κ2) is 4.91. The number of hydrogen-bond acceptors (Lipinski definition) is 4. The van der Waals surface area contributed by atoms with Crippen molar-refractivity contribution in [2.24, 2.45) is 5.92 Å². The number of carboxylic acids is 1. The normalized spacial score (nSPS) is 24.8. The first-order valence-corrected chi connectivity index (χ1v) is 5.62. The van der Waals surface area contributed by atoms with E-state index >= 15 is 0 Å². The van der Waals surface area contributed by atoms with Crippen LogP contribution in [0.5, 0.6) is 0 Å². The van der Waals surface area contributed by atoms with Gasteiger partial charge in [0.05, 0.1) is 5.92 Å². The first kappa shape index (κ1) is 13.8. The molecule has 0 aromatic rings. The second-order valence-electron chi connectivity index (χ2n) is 5.23. The minimum atomic E-state index is -0.893. The van der Waals surface area contributed by atoms with E-state index in [0.29, 0.717) is 6.54 Å². The quantitative estimate of drug-likeness (QED) is 0.740. The van der Waals surface area contributed by atoms with Crippen LogP contribution in [0.15, 0.2) is 0 Å². The van der Waals surface area contributed by atoms with Gasteiger partial charge in [-0.2, -0.15) is 0 Å². The molecule has 1 aliphatic rings. The van der Waals surface area contributed by atoms with Crippen LogP contribution in [0, 0.1) is 5.92 Å². The molecule has 2 N–H and O–H groups in total. The van der Waals surface area contributed by atoms with Gasteiger partial charge in [0, 0.05) is 19.1 Å². The van der Waals surface area contributed by atoms with Gasteiger partial charge in [-0.15, -0.1) is 0 Å². The first-order chi connectivity index (χ1) is 7.74. The third-order valence-electron chi connectivity index (χ3n) is 2.66. The fourth-order valence-electron chi connectivity index (χ4n) is 1.82. The molecule has 0 radical (unpaired) electrons. The topological polar surface area (TPSA) is 78.9 Å². The highest BCUT2D eigenvalue weighted by molar-refractivity contribution is 5.75. The number of ether oxygens (including phenoxy) is 1. The Bertz CT molecular complexity index is 311. The molecular weight excluding hydrogens is 224 g/mol. The molecule has 0 spiro atoms. The van der Waals surface area contributed by atoms with Gasteiger partial charge in [-0.3, -0.25) is 4.79 Å². The minimum absolute atomic E-state index is 0.190. The molecule has 1 aliphatic heterocycles. The number of amides is 1. The summed E-state index contributed by atoms with van der Waals surface area (Å²) in [4.78, 5) is 24.2. The van der Waals surface area contributed by atoms with Gasteiger partial charge in [0.2, 0.25) is 0 Å². The number of rotatable bonds is 2. The second-order valence-corrected chi connectivity index (χ2v) is 5.23. The number of carboxylic acid groups (broad SMARTS) is 1. The van der Waals surface area contributed by atoms with Crippen LogP contribution in [-0.2, 0) is 9.53 Å². The van der Waals surface area contributed by atoms with Crippen molar-refractivity contribution >= 4 is 12.1 Å². The van der Waals surface area contributed by atoms with Crippen molar-refractivity contribution in [2.45, 2.75) is 32.4 Å². The molecule has 0 bridgehead atoms. The Hall–Kier alpha value is -1.30. The number of likely N-dealkylation sites (N-methyl/N-ethyl adjacent to an activating group) is 1. The van der Waals surface area contributed by atoms with Crippen LogP contribution in [0.25, 0.3) is 0 Å². The molecule has 0 saturated carbocycles. The zero-order chi connectivity index (χ0) is 13.2. The van der Waals surface area contributed by atoms with Crippen LogP contribution >= 0.6 is 0 Å². The molecule has 1 saturated heterocycles. The molecule has 0 aliphatic carbocycles. The molecule has 1 heterocycles. The smallest absolute Gasteiger partial charge is 0.410 e. The summed E-state index contributed by atoms with van der Waals surface area (Å²) in [6, 6.07) is -0.222. The maximum atomic E-state index is 11.8. The van der Waals surface area contributed by atoms with E-state index in [2.05, 4.69) is 5.32 Å². The third-order valence-corrected chi connectivity index (χ3v) is 2.66. The van der Waals surface area contributed by atoms with Gasteiger partial charge in [0.25, 0.3) is 0 Å². The summed E-state index contributed by atoms with van der Waals surface area (Å²) in [6.07, 6.45) is -0.457. The fraction of sp³-hybridized carbons (Fsp3) is 0.818. The van der Waals surface area contributed by atoms with E-state index in [0.717, 1.165) is 0 Å². The average molecular weight is 244 g/mol. The van der Waals surface area contributed by atoms with E-state index < -0.39 is 23.6 Å². The van der Waals surface area contributed by atoms with E-state index in [1.807, 2.05) is 0 Å². The maximum absolute atomic E-state index is 11.8. The van der Waals surface area contributed by atoms with Crippen LogP contribution in [0.1, 0.15) is 20.8 Å². The van der Waals surface area contributed by atoms with Crippen molar-refractivity contribution in [1.29, 1.82) is 0 Å². The minimum Gasteiger partial charge on any atom is -0.481 e. The van der Waals surface area contributed by atoms with Crippen molar-refractivity contribution in [2.75, 3.05) is 20.1 Å². The molecule has 1 amide bonds. The predicted molar refractivity (Wildman–Crippen MR) is 61.8 cm³/mol. The number of carbonyl (C=O) groups excluding carboxylic acids is 1. The van der Waals surface area contributed by atoms with Gasteiger partial charge in [0.1, 0.15) is 5.60 Å². The fourth-order valence-corrected chi connectivity index (χ4v) is 1.82. The summed E-state index contributed by atoms with van der Waals surface area (Å²) >= 11 is 0. The van der Waals surface area contributed by atoms with E-state index in [1.165, 1.54) is 4.90 Å². The number of carbonyl (C=O) groups is 2. The van der Waals surface area contributed by atoms with E-state index in [4.69, 9.17) is 9.84 Å². The molecular formula is C11H20N2O4. The molecule has 17 heavy (non-hydrogen) atoms. The van der Waals surface area contributed by atoms with Crippen molar-refractivity contribution in [1.82, 2.24) is 10.2 Å². The van der Waals surface area contributed by atoms with Crippen LogP contribution < -0.4 is 5.32 Å². The lowest BCUT2D eigenvalue weighted by molar-refractivity contribution is -0.141. The number of likely N-dealkylation sites (tertiary alicyclic amines) is 1. The Morgan fingerprint density at radius 3 is 2.29 bits per heavy atom. The zero-order valence-electron chi connectivity index (χ0n) is 10.7. The van der Waals surface area contributed by atoms with Crippen molar-refractivity contribution in [3.8, 4) is 0 Å². The van der Waals surface area contributed by atoms with Gasteiger partial charge in [-0.05, 0) is 27.8 Å². The van der Waals surface area contributed by atoms with Crippen LogP contribution in [0.3, 0.4) is 0 Å². The molecule has 2 unspecified atom stereocenters. The number of nitrogens with one attached hydrogen (secondary N) is 1. The average Bonchev–Trinajstić information content (AvgIpc) is 2.58. The maximum Gasteiger partial charge on any atom is 0.410 e. The monoisotopic (exact) mass is 244 g/mol. The summed E-state index contributed by atoms with van der Waals surface area (Å²) in [5.74, 6) is -1.47. The highest BCUT2D eigenvalue weighted by Gasteiger charge is 2.40. The number of aliphatic carboxylic acids is 1. The summed E-state index contributed by atoms with van der Waals surface area (Å²) in [5, 5.41) is 11.9. The van der Waals surface area contributed by atoms with Gasteiger partial charge < -0.3 is 20.1 Å². The van der Waals surface area contributed by atoms with Gasteiger partial charge in [-0.1, -0.05) is 0 Å². The van der Waals surface area contributed by atoms with Gasteiger partial charge in [0.15, 0.2) is 0 Å². The van der Waals surface area contributed by atoms with Crippen LogP contribution in [0.2, 0.25) is 0 Å². The number of hydrogen-bond donors (Lipinski definition) is 2. The summed E-state index contributed by atoms with van der Waals surface area (Å²) in [6.45, 7) is 5.90. The predicted octanol–water partition coefficient (Wildman–Crippen LogP) is 0.526. The van der Waals surface area contributed by atoms with Gasteiger partial charge in [-0.25, -0.2) is 4.79 Å². The molecule has 0 aromatic heterocycles. The van der Waals surface area contributed by atoms with Crippen LogP contribution in [-0.4, -0.2) is 53.8 Å². The SMILES string of the molecule is CNC1CN(C(=O)OC(C)(C)C)CC1C(=O)O. The highest BCUT2D eigenvalue weighted by Crippen LogP contribution is 2.20. The molecule has 2 atom stereocenters. The molecule has 1 fully saturated rings.